The van der Waals surface area contributed by atoms with Crippen LogP contribution in [0.4, 0.5) is 5.69 Å². The van der Waals surface area contributed by atoms with Gasteiger partial charge < -0.3 is 24.3 Å². The van der Waals surface area contributed by atoms with Crippen molar-refractivity contribution < 1.29 is 33.5 Å². The summed E-state index contributed by atoms with van der Waals surface area (Å²) in [6, 6.07) is 20.9. The van der Waals surface area contributed by atoms with Crippen molar-refractivity contribution in [2.24, 2.45) is 5.92 Å². The van der Waals surface area contributed by atoms with Gasteiger partial charge in [0.2, 0.25) is 0 Å². The Kier molecular flexibility index (Phi) is 10.7. The van der Waals surface area contributed by atoms with Gasteiger partial charge in [-0.05, 0) is 73.3 Å². The molecule has 1 aromatic heterocycles. The standard InChI is InChI=1S/C37H37Cl2N3O6/c1-45-31-12-11-25(18-33(31)46-2)32(19-28-29(38)20-40-21-30(28)39)47-36(43)26-9-6-10-27(17-26)41-35(24-7-4-3-5-8-24)37(44)48-34-22-42-15-13-23(34)14-16-42/h3-12,17-18,20-21,23,32,34-35,41H,13-16,19,22H2,1-2H3/p+1/t32-,34?,35?/m0/s1. The van der Waals surface area contributed by atoms with E-state index < -0.39 is 18.1 Å². The van der Waals surface area contributed by atoms with Crippen molar-refractivity contribution in [3.63, 3.8) is 0 Å². The smallest absolute Gasteiger partial charge is 0.338 e. The predicted octanol–water partition coefficient (Wildman–Crippen LogP) is 6.76. The number of aromatic amines is 1. The lowest BCUT2D eigenvalue weighted by molar-refractivity contribution is -0.377. The van der Waals surface area contributed by atoms with Crippen LogP contribution in [0.15, 0.2) is 85.2 Å². The molecule has 3 atom stereocenters. The second-order valence-corrected chi connectivity index (χ2v) is 12.8. The van der Waals surface area contributed by atoms with Crippen LogP contribution in [0.5, 0.6) is 11.5 Å². The zero-order valence-corrected chi connectivity index (χ0v) is 28.3. The van der Waals surface area contributed by atoms with Gasteiger partial charge in [-0.15, -0.1) is 0 Å². The van der Waals surface area contributed by atoms with Crippen molar-refractivity contribution in [1.29, 1.82) is 0 Å². The summed E-state index contributed by atoms with van der Waals surface area (Å²) in [6.07, 6.45) is 4.61. The van der Waals surface area contributed by atoms with E-state index in [2.05, 4.69) is 15.2 Å². The first-order valence-corrected chi connectivity index (χ1v) is 16.7. The summed E-state index contributed by atoms with van der Waals surface area (Å²) in [5, 5.41) is 4.15. The zero-order chi connectivity index (χ0) is 33.6. The van der Waals surface area contributed by atoms with Crippen molar-refractivity contribution in [2.75, 3.05) is 39.2 Å². The number of fused-ring (bicyclic) bond motifs is 3. The van der Waals surface area contributed by atoms with Gasteiger partial charge in [0, 0.05) is 24.2 Å². The third-order valence-electron chi connectivity index (χ3n) is 9.06. The lowest BCUT2D eigenvalue weighted by Crippen LogP contribution is -2.52. The van der Waals surface area contributed by atoms with E-state index in [-0.39, 0.29) is 18.5 Å². The average molecular weight is 692 g/mol. The van der Waals surface area contributed by atoms with Crippen LogP contribution in [0.1, 0.15) is 52.0 Å². The van der Waals surface area contributed by atoms with Crippen LogP contribution in [-0.2, 0) is 20.7 Å². The normalized spacial score (nSPS) is 19.5. The highest BCUT2D eigenvalue weighted by Crippen LogP contribution is 2.36. The SMILES string of the molecule is COc1ccc([C@H](Cc2c(Cl)c[nH+]cc2Cl)OC(=O)c2cccc(NC(C(=O)OC3CN4CCC3CC4)c3ccccc3)c2)cc1OC. The fraction of sp³-hybridized carbons (Fsp3) is 0.324. The van der Waals surface area contributed by atoms with Gasteiger partial charge in [0.1, 0.15) is 22.3 Å². The summed E-state index contributed by atoms with van der Waals surface area (Å²) in [5.74, 6) is 0.480. The number of ether oxygens (including phenoxy) is 4. The van der Waals surface area contributed by atoms with Gasteiger partial charge in [-0.1, -0.05) is 65.7 Å². The first-order chi connectivity index (χ1) is 23.3. The van der Waals surface area contributed by atoms with Gasteiger partial charge in [-0.2, -0.15) is 0 Å². The molecular weight excluding hydrogens is 653 g/mol. The van der Waals surface area contributed by atoms with Gasteiger partial charge in [0.05, 0.1) is 19.8 Å². The van der Waals surface area contributed by atoms with Crippen LogP contribution in [0, 0.1) is 5.92 Å². The number of methoxy groups -OCH3 is 2. The first-order valence-electron chi connectivity index (χ1n) is 15.9. The van der Waals surface area contributed by atoms with E-state index >= 15 is 0 Å². The van der Waals surface area contributed by atoms with Gasteiger partial charge in [0.15, 0.2) is 29.9 Å². The number of pyridine rings is 1. The second kappa shape index (κ2) is 15.3. The lowest BCUT2D eigenvalue weighted by Gasteiger charge is -2.44. The summed E-state index contributed by atoms with van der Waals surface area (Å²) in [7, 11) is 3.09. The number of hydrogen-bond acceptors (Lipinski definition) is 8. The number of aromatic nitrogens is 1. The molecule has 2 bridgehead atoms. The molecule has 4 heterocycles. The molecule has 3 aliphatic heterocycles. The third-order valence-corrected chi connectivity index (χ3v) is 9.73. The molecule has 7 rings (SSSR count). The second-order valence-electron chi connectivity index (χ2n) is 12.0. The maximum absolute atomic E-state index is 13.8. The topological polar surface area (TPSA) is 100 Å². The van der Waals surface area contributed by atoms with Crippen molar-refractivity contribution in [3.8, 4) is 11.5 Å². The van der Waals surface area contributed by atoms with Crippen molar-refractivity contribution >= 4 is 40.8 Å². The Labute approximate surface area is 290 Å². The molecule has 3 aliphatic rings. The van der Waals surface area contributed by atoms with Crippen LogP contribution < -0.4 is 19.8 Å². The minimum atomic E-state index is -0.778. The number of halogens is 2. The Bertz CT molecular complexity index is 1730. The Balaban J connectivity index is 1.24. The molecule has 0 spiro atoms. The Hall–Kier alpha value is -4.31. The molecule has 3 saturated heterocycles. The number of benzene rings is 3. The number of carbonyl (C=O) groups is 2. The van der Waals surface area contributed by atoms with Gasteiger partial charge in [-0.3, -0.25) is 4.90 Å². The molecule has 0 aliphatic carbocycles. The molecule has 0 amide bonds. The Morgan fingerprint density at radius 3 is 2.29 bits per heavy atom. The Morgan fingerprint density at radius 2 is 1.62 bits per heavy atom. The number of H-pyrrole nitrogens is 1. The lowest BCUT2D eigenvalue weighted by atomic mass is 9.86. The molecule has 250 valence electrons. The molecule has 2 N–H and O–H groups in total. The molecular formula is C37H38Cl2N3O6+. The minimum Gasteiger partial charge on any atom is -0.493 e. The van der Waals surface area contributed by atoms with Crippen LogP contribution >= 0.6 is 23.2 Å². The monoisotopic (exact) mass is 690 g/mol. The van der Waals surface area contributed by atoms with Crippen LogP contribution in [0.25, 0.3) is 0 Å². The maximum Gasteiger partial charge on any atom is 0.338 e. The summed E-state index contributed by atoms with van der Waals surface area (Å²) in [5.41, 5.74) is 2.90. The van der Waals surface area contributed by atoms with Gasteiger partial charge >= 0.3 is 11.9 Å². The highest BCUT2D eigenvalue weighted by Gasteiger charge is 2.38. The molecule has 11 heteroatoms. The fourth-order valence-corrected chi connectivity index (χ4v) is 6.95. The minimum absolute atomic E-state index is 0.132. The van der Waals surface area contributed by atoms with Gasteiger partial charge in [-0.25, -0.2) is 14.6 Å². The average Bonchev–Trinajstić information content (AvgIpc) is 3.12. The van der Waals surface area contributed by atoms with Crippen molar-refractivity contribution in [1.82, 2.24) is 4.90 Å². The maximum atomic E-state index is 13.8. The number of nitrogens with zero attached hydrogens (tertiary/aromatic N) is 1. The van der Waals surface area contributed by atoms with Gasteiger partial charge in [0.25, 0.3) is 0 Å². The molecule has 48 heavy (non-hydrogen) atoms. The molecule has 0 saturated carbocycles. The van der Waals surface area contributed by atoms with E-state index in [0.717, 1.165) is 38.0 Å². The largest absolute Gasteiger partial charge is 0.493 e. The summed E-state index contributed by atoms with van der Waals surface area (Å²) in [4.78, 5) is 32.7. The summed E-state index contributed by atoms with van der Waals surface area (Å²) < 4.78 is 23.2. The third kappa shape index (κ3) is 7.70. The van der Waals surface area contributed by atoms with E-state index in [1.165, 1.54) is 7.11 Å². The predicted molar refractivity (Wildman–Crippen MR) is 183 cm³/mol. The molecule has 3 fully saturated rings. The molecule has 2 unspecified atom stereocenters. The highest BCUT2D eigenvalue weighted by atomic mass is 35.5. The van der Waals surface area contributed by atoms with Crippen LogP contribution in [0.3, 0.4) is 0 Å². The number of piperidine rings is 3. The molecule has 0 radical (unpaired) electrons. The van der Waals surface area contributed by atoms with Crippen LogP contribution in [0.2, 0.25) is 10.0 Å². The molecule has 4 aromatic rings. The summed E-state index contributed by atoms with van der Waals surface area (Å²) in [6.45, 7) is 2.87. The Morgan fingerprint density at radius 1 is 0.896 bits per heavy atom. The number of nitrogens with one attached hydrogen (secondary N) is 2. The van der Waals surface area contributed by atoms with E-state index in [9.17, 15) is 9.59 Å². The van der Waals surface area contributed by atoms with E-state index in [0.29, 0.717) is 49.8 Å². The number of rotatable bonds is 12. The van der Waals surface area contributed by atoms with E-state index in [4.69, 9.17) is 42.1 Å². The van der Waals surface area contributed by atoms with E-state index in [1.54, 1.807) is 62.0 Å². The highest BCUT2D eigenvalue weighted by molar-refractivity contribution is 6.35. The van der Waals surface area contributed by atoms with E-state index in [1.807, 2.05) is 30.3 Å². The number of carbonyl (C=O) groups excluding carboxylic acids is 2. The van der Waals surface area contributed by atoms with Crippen molar-refractivity contribution in [3.05, 3.63) is 117 Å². The van der Waals surface area contributed by atoms with Crippen LogP contribution in [-0.4, -0.2) is 56.8 Å². The zero-order valence-electron chi connectivity index (χ0n) is 26.8. The van der Waals surface area contributed by atoms with Crippen molar-refractivity contribution in [2.45, 2.75) is 37.5 Å². The fourth-order valence-electron chi connectivity index (χ4n) is 6.42. The molecule has 3 aromatic carbocycles. The number of hydrogen-bond donors (Lipinski definition) is 1. The first kappa shape index (κ1) is 33.6. The number of anilines is 1. The molecule has 9 nitrogen and oxygen atoms in total. The summed E-state index contributed by atoms with van der Waals surface area (Å²) >= 11 is 13.0. The number of esters is 2. The quantitative estimate of drug-likeness (QED) is 0.163.